The van der Waals surface area contributed by atoms with Crippen molar-refractivity contribution in [1.82, 2.24) is 15.2 Å². The molecule has 8 heteroatoms. The normalized spacial score (nSPS) is 18.0. The molecular weight excluding hydrogens is 354 g/mol. The Morgan fingerprint density at radius 1 is 1.37 bits per heavy atom. The van der Waals surface area contributed by atoms with Crippen LogP contribution in [0.5, 0.6) is 0 Å². The molecule has 0 spiro atoms. The Labute approximate surface area is 156 Å². The second-order valence-corrected chi connectivity index (χ2v) is 7.12. The third-order valence-corrected chi connectivity index (χ3v) is 5.08. The van der Waals surface area contributed by atoms with Gasteiger partial charge >= 0.3 is 0 Å². The van der Waals surface area contributed by atoms with Crippen LogP contribution in [0.4, 0.5) is 8.78 Å². The van der Waals surface area contributed by atoms with Gasteiger partial charge in [0, 0.05) is 30.2 Å². The van der Waals surface area contributed by atoms with Gasteiger partial charge in [-0.1, -0.05) is 0 Å². The highest BCUT2D eigenvalue weighted by atomic mass is 19.1. The molecule has 0 saturated carbocycles. The van der Waals surface area contributed by atoms with E-state index >= 15 is 0 Å². The number of amides is 2. The number of primary amides is 1. The molecule has 1 atom stereocenters. The first-order valence-corrected chi connectivity index (χ1v) is 9.09. The molecule has 146 valence electrons. The molecule has 1 aliphatic heterocycles. The number of aryl methyl sites for hydroxylation is 1. The molecule has 1 saturated heterocycles. The third kappa shape index (κ3) is 4.44. The lowest BCUT2D eigenvalue weighted by atomic mass is 9.97. The Balaban J connectivity index is 1.60. The summed E-state index contributed by atoms with van der Waals surface area (Å²) in [4.78, 5) is 28.3. The summed E-state index contributed by atoms with van der Waals surface area (Å²) in [7, 11) is 0. The van der Waals surface area contributed by atoms with Gasteiger partial charge in [-0.05, 0) is 44.4 Å². The number of nitrogens with zero attached hydrogens (tertiary/aromatic N) is 1. The highest BCUT2D eigenvalue weighted by molar-refractivity contribution is 5.85. The van der Waals surface area contributed by atoms with Gasteiger partial charge in [0.15, 0.2) is 0 Å². The van der Waals surface area contributed by atoms with Crippen LogP contribution in [0.2, 0.25) is 0 Å². The predicted molar refractivity (Wildman–Crippen MR) is 98.0 cm³/mol. The molecule has 6 nitrogen and oxygen atoms in total. The van der Waals surface area contributed by atoms with Crippen LogP contribution in [0.1, 0.15) is 24.1 Å². The van der Waals surface area contributed by atoms with E-state index in [4.69, 9.17) is 5.73 Å². The van der Waals surface area contributed by atoms with Gasteiger partial charge in [-0.2, -0.15) is 0 Å². The number of hydrogen-bond acceptors (Lipinski definition) is 3. The number of benzene rings is 1. The number of aromatic amines is 1. The predicted octanol–water partition coefficient (Wildman–Crippen LogP) is 1.61. The van der Waals surface area contributed by atoms with Crippen LogP contribution in [-0.2, 0) is 16.0 Å². The third-order valence-electron chi connectivity index (χ3n) is 5.08. The topological polar surface area (TPSA) is 91.2 Å². The summed E-state index contributed by atoms with van der Waals surface area (Å²) in [6.45, 7) is 3.61. The molecule has 1 aromatic heterocycles. The maximum Gasteiger partial charge on any atom is 0.231 e. The highest BCUT2D eigenvalue weighted by Gasteiger charge is 2.26. The first-order chi connectivity index (χ1) is 12.8. The van der Waals surface area contributed by atoms with Crippen molar-refractivity contribution >= 4 is 22.7 Å². The van der Waals surface area contributed by atoms with E-state index in [1.54, 1.807) is 6.92 Å². The molecule has 1 aromatic carbocycles. The van der Waals surface area contributed by atoms with Gasteiger partial charge in [0.05, 0.1) is 18.0 Å². The van der Waals surface area contributed by atoms with Crippen LogP contribution in [0.15, 0.2) is 12.1 Å². The zero-order valence-corrected chi connectivity index (χ0v) is 15.3. The van der Waals surface area contributed by atoms with Crippen molar-refractivity contribution in [2.75, 3.05) is 26.2 Å². The number of nitrogens with two attached hydrogens (primary N) is 1. The van der Waals surface area contributed by atoms with Crippen LogP contribution < -0.4 is 11.1 Å². The Hall–Kier alpha value is -2.48. The number of fused-ring (bicyclic) bond motifs is 1. The van der Waals surface area contributed by atoms with Gasteiger partial charge in [0.25, 0.3) is 0 Å². The van der Waals surface area contributed by atoms with E-state index in [0.717, 1.165) is 36.7 Å². The van der Waals surface area contributed by atoms with Gasteiger partial charge in [-0.3, -0.25) is 14.5 Å². The fourth-order valence-corrected chi connectivity index (χ4v) is 3.81. The van der Waals surface area contributed by atoms with Gasteiger partial charge < -0.3 is 16.0 Å². The number of carbonyl (C=O) groups is 2. The minimum absolute atomic E-state index is 0.0703. The molecule has 2 heterocycles. The largest absolute Gasteiger partial charge is 0.369 e. The molecule has 27 heavy (non-hydrogen) atoms. The zero-order chi connectivity index (χ0) is 19.6. The molecule has 0 unspecified atom stereocenters. The Kier molecular flexibility index (Phi) is 5.74. The molecular formula is C19H24F2N4O2. The van der Waals surface area contributed by atoms with Crippen molar-refractivity contribution in [3.8, 4) is 0 Å². The number of halogens is 2. The molecule has 0 aliphatic carbocycles. The first-order valence-electron chi connectivity index (χ1n) is 9.09. The smallest absolute Gasteiger partial charge is 0.231 e. The number of aromatic nitrogens is 1. The van der Waals surface area contributed by atoms with Crippen molar-refractivity contribution in [1.29, 1.82) is 0 Å². The van der Waals surface area contributed by atoms with Gasteiger partial charge in [0.2, 0.25) is 11.8 Å². The monoisotopic (exact) mass is 378 g/mol. The molecule has 0 radical (unpaired) electrons. The van der Waals surface area contributed by atoms with E-state index in [9.17, 15) is 18.4 Å². The minimum Gasteiger partial charge on any atom is -0.369 e. The van der Waals surface area contributed by atoms with Crippen molar-refractivity contribution in [2.45, 2.75) is 26.2 Å². The van der Waals surface area contributed by atoms with Crippen molar-refractivity contribution in [3.63, 3.8) is 0 Å². The van der Waals surface area contributed by atoms with Crippen LogP contribution in [0.25, 0.3) is 10.9 Å². The zero-order valence-electron chi connectivity index (χ0n) is 15.3. The SMILES string of the molecule is Cc1[nH]c2c(F)cc(F)cc2c1CCNC(=O)[C@@H]1CCCN(CC(N)=O)C1. The van der Waals surface area contributed by atoms with Crippen molar-refractivity contribution in [3.05, 3.63) is 35.0 Å². The van der Waals surface area contributed by atoms with Gasteiger partial charge in [0.1, 0.15) is 11.6 Å². The quantitative estimate of drug-likeness (QED) is 0.713. The molecule has 1 aliphatic rings. The second kappa shape index (κ2) is 8.04. The minimum atomic E-state index is -0.625. The lowest BCUT2D eigenvalue weighted by Gasteiger charge is -2.30. The number of hydrogen-bond donors (Lipinski definition) is 3. The number of rotatable bonds is 6. The van der Waals surface area contributed by atoms with E-state index in [1.807, 2.05) is 4.90 Å². The summed E-state index contributed by atoms with van der Waals surface area (Å²) in [5.41, 5.74) is 7.06. The fourth-order valence-electron chi connectivity index (χ4n) is 3.81. The standard InChI is InChI=1S/C19H24F2N4O2/c1-11-14(15-7-13(20)8-16(21)18(15)24-11)4-5-23-19(27)12-3-2-6-25(9-12)10-17(22)26/h7-8,12,24H,2-6,9-10H2,1H3,(H2,22,26)(H,23,27)/t12-/m1/s1. The van der Waals surface area contributed by atoms with Gasteiger partial charge in [-0.25, -0.2) is 8.78 Å². The lowest BCUT2D eigenvalue weighted by Crippen LogP contribution is -2.46. The van der Waals surface area contributed by atoms with E-state index in [2.05, 4.69) is 10.3 Å². The Morgan fingerprint density at radius 2 is 2.15 bits per heavy atom. The average molecular weight is 378 g/mol. The summed E-state index contributed by atoms with van der Waals surface area (Å²) in [5.74, 6) is -1.90. The summed E-state index contributed by atoms with van der Waals surface area (Å²) in [5, 5.41) is 3.41. The van der Waals surface area contributed by atoms with Crippen LogP contribution in [0, 0.1) is 24.5 Å². The molecule has 4 N–H and O–H groups in total. The molecule has 3 rings (SSSR count). The molecule has 2 aromatic rings. The Morgan fingerprint density at radius 3 is 2.89 bits per heavy atom. The first kappa shape index (κ1) is 19.3. The van der Waals surface area contributed by atoms with E-state index in [0.29, 0.717) is 24.9 Å². The summed E-state index contributed by atoms with van der Waals surface area (Å²) in [6, 6.07) is 2.16. The van der Waals surface area contributed by atoms with Crippen LogP contribution >= 0.6 is 0 Å². The van der Waals surface area contributed by atoms with E-state index < -0.39 is 17.5 Å². The maximum absolute atomic E-state index is 13.9. The fraction of sp³-hybridized carbons (Fsp3) is 0.474. The Bertz CT molecular complexity index is 865. The molecule has 1 fully saturated rings. The summed E-state index contributed by atoms with van der Waals surface area (Å²) >= 11 is 0. The van der Waals surface area contributed by atoms with Crippen LogP contribution in [0.3, 0.4) is 0 Å². The van der Waals surface area contributed by atoms with Gasteiger partial charge in [-0.15, -0.1) is 0 Å². The number of nitrogens with one attached hydrogen (secondary N) is 2. The lowest BCUT2D eigenvalue weighted by molar-refractivity contribution is -0.128. The molecule has 0 bridgehead atoms. The second-order valence-electron chi connectivity index (χ2n) is 7.12. The van der Waals surface area contributed by atoms with Crippen molar-refractivity contribution in [2.24, 2.45) is 11.7 Å². The maximum atomic E-state index is 13.9. The van der Waals surface area contributed by atoms with Crippen LogP contribution in [-0.4, -0.2) is 47.9 Å². The number of likely N-dealkylation sites (tertiary alicyclic amines) is 1. The van der Waals surface area contributed by atoms with E-state index in [-0.39, 0.29) is 23.9 Å². The number of carbonyl (C=O) groups excluding carboxylic acids is 2. The number of H-pyrrole nitrogens is 1. The van der Waals surface area contributed by atoms with E-state index in [1.165, 1.54) is 6.07 Å². The highest BCUT2D eigenvalue weighted by Crippen LogP contribution is 2.26. The van der Waals surface area contributed by atoms with Crippen molar-refractivity contribution < 1.29 is 18.4 Å². The average Bonchev–Trinajstić information content (AvgIpc) is 2.91. The summed E-state index contributed by atoms with van der Waals surface area (Å²) in [6.07, 6.45) is 2.08. The summed E-state index contributed by atoms with van der Waals surface area (Å²) < 4.78 is 27.4. The number of piperidine rings is 1. The molecule has 2 amide bonds.